The van der Waals surface area contributed by atoms with Crippen molar-refractivity contribution < 1.29 is 19.4 Å². The van der Waals surface area contributed by atoms with Crippen LogP contribution in [0.25, 0.3) is 0 Å². The predicted octanol–water partition coefficient (Wildman–Crippen LogP) is 1.55. The van der Waals surface area contributed by atoms with E-state index in [0.29, 0.717) is 0 Å². The van der Waals surface area contributed by atoms with E-state index in [1.807, 2.05) is 0 Å². The monoisotopic (exact) mass is 318 g/mol. The van der Waals surface area contributed by atoms with E-state index >= 15 is 0 Å². The Kier molecular flexibility index (Phi) is 4.08. The average Bonchev–Trinajstić information content (AvgIpc) is 2.85. The molecule has 1 heterocycles. The second kappa shape index (κ2) is 5.47. The Morgan fingerprint density at radius 2 is 1.95 bits per heavy atom. The molecule has 108 valence electrons. The standard InChI is InChI=1S/C12H12Cl2N2O4/c13-7-3-6(4-8(14)9(7)15)10(17)16-12(11(18)19)1-2-20-5-12/h3-4H,1-2,5,15H2,(H,16,17)(H,18,19). The number of aliphatic carboxylic acids is 1. The Balaban J connectivity index is 2.26. The van der Waals surface area contributed by atoms with Crippen LogP contribution in [0.3, 0.4) is 0 Å². The first kappa shape index (κ1) is 14.9. The highest BCUT2D eigenvalue weighted by Crippen LogP contribution is 2.29. The number of hydrogen-bond donors (Lipinski definition) is 3. The van der Waals surface area contributed by atoms with Gasteiger partial charge in [-0.05, 0) is 12.1 Å². The number of hydrogen-bond acceptors (Lipinski definition) is 4. The van der Waals surface area contributed by atoms with Gasteiger partial charge in [0, 0.05) is 18.6 Å². The van der Waals surface area contributed by atoms with Gasteiger partial charge in [-0.15, -0.1) is 0 Å². The molecule has 0 aromatic heterocycles. The molecule has 2 rings (SSSR count). The molecule has 1 aromatic rings. The van der Waals surface area contributed by atoms with Gasteiger partial charge in [0.15, 0.2) is 5.54 Å². The van der Waals surface area contributed by atoms with Crippen molar-refractivity contribution in [2.75, 3.05) is 18.9 Å². The summed E-state index contributed by atoms with van der Waals surface area (Å²) in [6, 6.07) is 2.67. The molecule has 1 saturated heterocycles. The summed E-state index contributed by atoms with van der Waals surface area (Å²) in [5.41, 5.74) is 4.47. The maximum Gasteiger partial charge on any atom is 0.331 e. The molecule has 8 heteroatoms. The number of anilines is 1. The molecule has 1 amide bonds. The lowest BCUT2D eigenvalue weighted by molar-refractivity contribution is -0.144. The van der Waals surface area contributed by atoms with Crippen molar-refractivity contribution in [1.29, 1.82) is 0 Å². The minimum absolute atomic E-state index is 0.0789. The largest absolute Gasteiger partial charge is 0.479 e. The normalized spacial score (nSPS) is 21.7. The maximum absolute atomic E-state index is 12.1. The highest BCUT2D eigenvalue weighted by molar-refractivity contribution is 6.39. The van der Waals surface area contributed by atoms with E-state index in [-0.39, 0.29) is 40.9 Å². The molecule has 1 aliphatic heterocycles. The molecular weight excluding hydrogens is 307 g/mol. The number of carboxylic acids is 1. The number of ether oxygens (including phenoxy) is 1. The third-order valence-corrected chi connectivity index (χ3v) is 3.75. The average molecular weight is 319 g/mol. The number of halogens is 2. The Hall–Kier alpha value is -1.50. The summed E-state index contributed by atoms with van der Waals surface area (Å²) < 4.78 is 5.06. The first-order valence-electron chi connectivity index (χ1n) is 5.74. The third-order valence-electron chi connectivity index (χ3n) is 3.13. The van der Waals surface area contributed by atoms with E-state index in [9.17, 15) is 14.7 Å². The minimum Gasteiger partial charge on any atom is -0.479 e. The van der Waals surface area contributed by atoms with Crippen LogP contribution in [0.15, 0.2) is 12.1 Å². The lowest BCUT2D eigenvalue weighted by atomic mass is 9.98. The summed E-state index contributed by atoms with van der Waals surface area (Å²) in [5, 5.41) is 12.0. The van der Waals surface area contributed by atoms with E-state index in [0.717, 1.165) is 0 Å². The number of amides is 1. The van der Waals surface area contributed by atoms with E-state index < -0.39 is 17.4 Å². The van der Waals surface area contributed by atoms with Crippen LogP contribution in [0.2, 0.25) is 10.0 Å². The summed E-state index contributed by atoms with van der Waals surface area (Å²) in [6.07, 6.45) is 0.199. The van der Waals surface area contributed by atoms with E-state index in [4.69, 9.17) is 33.7 Å². The Labute approximate surface area is 124 Å². The fourth-order valence-electron chi connectivity index (χ4n) is 1.89. The van der Waals surface area contributed by atoms with Gasteiger partial charge in [-0.2, -0.15) is 0 Å². The molecule has 0 spiro atoms. The number of nitrogens with two attached hydrogens (primary N) is 1. The van der Waals surface area contributed by atoms with Crippen LogP contribution in [0.4, 0.5) is 5.69 Å². The van der Waals surface area contributed by atoms with Crippen LogP contribution in [0.1, 0.15) is 16.8 Å². The fourth-order valence-corrected chi connectivity index (χ4v) is 2.38. The molecule has 1 aromatic carbocycles. The summed E-state index contributed by atoms with van der Waals surface area (Å²) in [7, 11) is 0. The third kappa shape index (κ3) is 2.67. The van der Waals surface area contributed by atoms with Gasteiger partial charge < -0.3 is 20.9 Å². The quantitative estimate of drug-likeness (QED) is 0.734. The number of carbonyl (C=O) groups excluding carboxylic acids is 1. The molecular formula is C12H12Cl2N2O4. The van der Waals surface area contributed by atoms with Crippen LogP contribution in [-0.2, 0) is 9.53 Å². The lowest BCUT2D eigenvalue weighted by Gasteiger charge is -2.23. The van der Waals surface area contributed by atoms with Gasteiger partial charge in [0.25, 0.3) is 5.91 Å². The second-order valence-corrected chi connectivity index (χ2v) is 5.31. The van der Waals surface area contributed by atoms with Gasteiger partial charge in [0.1, 0.15) is 0 Å². The molecule has 0 bridgehead atoms. The zero-order valence-corrected chi connectivity index (χ0v) is 11.8. The molecule has 1 atom stereocenters. The molecule has 1 fully saturated rings. The SMILES string of the molecule is Nc1c(Cl)cc(C(=O)NC2(C(=O)O)CCOC2)cc1Cl. The van der Waals surface area contributed by atoms with Crippen LogP contribution in [0, 0.1) is 0 Å². The molecule has 20 heavy (non-hydrogen) atoms. The number of rotatable bonds is 3. The van der Waals surface area contributed by atoms with Crippen LogP contribution in [-0.4, -0.2) is 35.7 Å². The maximum atomic E-state index is 12.1. The van der Waals surface area contributed by atoms with Gasteiger partial charge in [-0.3, -0.25) is 4.79 Å². The highest BCUT2D eigenvalue weighted by Gasteiger charge is 2.44. The number of nitrogen functional groups attached to an aromatic ring is 1. The van der Waals surface area contributed by atoms with Crippen molar-refractivity contribution in [3.63, 3.8) is 0 Å². The molecule has 0 saturated carbocycles. The van der Waals surface area contributed by atoms with Crippen LogP contribution < -0.4 is 11.1 Å². The van der Waals surface area contributed by atoms with Crippen LogP contribution >= 0.6 is 23.2 Å². The molecule has 0 aliphatic carbocycles. The zero-order valence-electron chi connectivity index (χ0n) is 10.3. The predicted molar refractivity (Wildman–Crippen MR) is 74.1 cm³/mol. The summed E-state index contributed by atoms with van der Waals surface area (Å²) in [5.74, 6) is -1.74. The Morgan fingerprint density at radius 3 is 2.40 bits per heavy atom. The Morgan fingerprint density at radius 1 is 1.35 bits per heavy atom. The Bertz CT molecular complexity index is 548. The fraction of sp³-hybridized carbons (Fsp3) is 0.333. The lowest BCUT2D eigenvalue weighted by Crippen LogP contribution is -2.55. The number of nitrogens with one attached hydrogen (secondary N) is 1. The number of benzene rings is 1. The first-order valence-corrected chi connectivity index (χ1v) is 6.49. The van der Waals surface area contributed by atoms with Crippen molar-refractivity contribution in [2.45, 2.75) is 12.0 Å². The van der Waals surface area contributed by atoms with Gasteiger partial charge >= 0.3 is 5.97 Å². The molecule has 1 aliphatic rings. The summed E-state index contributed by atoms with van der Waals surface area (Å²) in [6.45, 7) is 0.195. The van der Waals surface area contributed by atoms with Gasteiger partial charge in [0.2, 0.25) is 0 Å². The highest BCUT2D eigenvalue weighted by atomic mass is 35.5. The van der Waals surface area contributed by atoms with Crippen molar-refractivity contribution in [1.82, 2.24) is 5.32 Å². The van der Waals surface area contributed by atoms with E-state index in [1.165, 1.54) is 12.1 Å². The smallest absolute Gasteiger partial charge is 0.331 e. The van der Waals surface area contributed by atoms with E-state index in [1.54, 1.807) is 0 Å². The first-order chi connectivity index (χ1) is 9.35. The van der Waals surface area contributed by atoms with E-state index in [2.05, 4.69) is 5.32 Å². The van der Waals surface area contributed by atoms with Crippen molar-refractivity contribution >= 4 is 40.8 Å². The second-order valence-electron chi connectivity index (χ2n) is 4.50. The van der Waals surface area contributed by atoms with Gasteiger partial charge in [0.05, 0.1) is 22.3 Å². The van der Waals surface area contributed by atoms with Gasteiger partial charge in [-0.1, -0.05) is 23.2 Å². The van der Waals surface area contributed by atoms with Crippen molar-refractivity contribution in [2.24, 2.45) is 0 Å². The summed E-state index contributed by atoms with van der Waals surface area (Å²) >= 11 is 11.7. The number of carboxylic acid groups (broad SMARTS) is 1. The minimum atomic E-state index is -1.42. The van der Waals surface area contributed by atoms with Crippen LogP contribution in [0.5, 0.6) is 0 Å². The molecule has 0 radical (unpaired) electrons. The molecule has 4 N–H and O–H groups in total. The van der Waals surface area contributed by atoms with Crippen molar-refractivity contribution in [3.05, 3.63) is 27.7 Å². The number of carbonyl (C=O) groups is 2. The molecule has 1 unspecified atom stereocenters. The summed E-state index contributed by atoms with van der Waals surface area (Å²) in [4.78, 5) is 23.4. The van der Waals surface area contributed by atoms with Crippen molar-refractivity contribution in [3.8, 4) is 0 Å². The topological polar surface area (TPSA) is 102 Å². The molecule has 6 nitrogen and oxygen atoms in total. The van der Waals surface area contributed by atoms with Gasteiger partial charge in [-0.25, -0.2) is 4.79 Å². The zero-order chi connectivity index (χ0) is 14.9.